The van der Waals surface area contributed by atoms with E-state index < -0.39 is 0 Å². The molecule has 1 spiro atoms. The van der Waals surface area contributed by atoms with Crippen molar-refractivity contribution in [3.8, 4) is 22.6 Å². The summed E-state index contributed by atoms with van der Waals surface area (Å²) in [5.74, 6) is 2.60. The molecule has 9 nitrogen and oxygen atoms in total. The van der Waals surface area contributed by atoms with Crippen LogP contribution in [0.1, 0.15) is 19.3 Å². The molecule has 0 unspecified atom stereocenters. The Morgan fingerprint density at radius 3 is 2.39 bits per heavy atom. The maximum atomic E-state index is 5.69. The number of anilines is 4. The third-order valence-electron chi connectivity index (χ3n) is 6.67. The molecular formula is C24H25N9. The Labute approximate surface area is 191 Å². The molecule has 3 N–H and O–H groups in total. The van der Waals surface area contributed by atoms with Crippen LogP contribution < -0.4 is 16.0 Å². The molecule has 1 saturated carbocycles. The van der Waals surface area contributed by atoms with Crippen molar-refractivity contribution in [2.24, 2.45) is 12.5 Å². The van der Waals surface area contributed by atoms with Crippen LogP contribution in [0.5, 0.6) is 0 Å². The standard InChI is InChI=1S/C24H25N9/c1-32-23(28-18-6-3-16(4-7-18)19-9-12-26-22(25)29-19)30-21(31-32)17-5-8-20(27-13-17)33-14-24(15-33)10-2-11-24/h3-9,12-13H,2,10-11,14-15H2,1H3,(H2,25,26,29)(H,28,30,31). The summed E-state index contributed by atoms with van der Waals surface area (Å²) in [5.41, 5.74) is 9.82. The second-order valence-corrected chi connectivity index (χ2v) is 9.00. The van der Waals surface area contributed by atoms with E-state index in [1.165, 1.54) is 19.3 Å². The Kier molecular flexibility index (Phi) is 4.49. The zero-order valence-electron chi connectivity index (χ0n) is 18.4. The van der Waals surface area contributed by atoms with Gasteiger partial charge in [0.25, 0.3) is 0 Å². The molecule has 166 valence electrons. The Balaban J connectivity index is 1.15. The average Bonchev–Trinajstić information content (AvgIpc) is 3.13. The van der Waals surface area contributed by atoms with E-state index in [0.717, 1.165) is 41.4 Å². The fourth-order valence-corrected chi connectivity index (χ4v) is 4.63. The molecule has 1 saturated heterocycles. The zero-order valence-corrected chi connectivity index (χ0v) is 18.4. The van der Waals surface area contributed by atoms with Gasteiger partial charge in [0.15, 0.2) is 5.82 Å². The summed E-state index contributed by atoms with van der Waals surface area (Å²) in [6.07, 6.45) is 7.63. The molecule has 4 aromatic rings. The van der Waals surface area contributed by atoms with E-state index in [2.05, 4.69) is 47.4 Å². The highest BCUT2D eigenvalue weighted by atomic mass is 15.4. The molecule has 4 heterocycles. The summed E-state index contributed by atoms with van der Waals surface area (Å²) in [5, 5.41) is 7.89. The van der Waals surface area contributed by atoms with E-state index in [9.17, 15) is 0 Å². The van der Waals surface area contributed by atoms with Crippen molar-refractivity contribution >= 4 is 23.4 Å². The number of rotatable bonds is 5. The third kappa shape index (κ3) is 3.65. The second-order valence-electron chi connectivity index (χ2n) is 9.00. The molecule has 2 fully saturated rings. The summed E-state index contributed by atoms with van der Waals surface area (Å²) in [7, 11) is 1.87. The van der Waals surface area contributed by atoms with Gasteiger partial charge in [0.05, 0.1) is 5.69 Å². The topological polar surface area (TPSA) is 111 Å². The molecule has 0 radical (unpaired) electrons. The number of nitrogens with one attached hydrogen (secondary N) is 1. The number of hydrogen-bond acceptors (Lipinski definition) is 8. The fraction of sp³-hybridized carbons (Fsp3) is 0.292. The normalized spacial score (nSPS) is 16.3. The summed E-state index contributed by atoms with van der Waals surface area (Å²) in [6.45, 7) is 2.28. The van der Waals surface area contributed by atoms with Crippen molar-refractivity contribution in [2.45, 2.75) is 19.3 Å². The lowest BCUT2D eigenvalue weighted by molar-refractivity contribution is 0.0896. The van der Waals surface area contributed by atoms with Gasteiger partial charge in [-0.3, -0.25) is 0 Å². The minimum atomic E-state index is 0.260. The van der Waals surface area contributed by atoms with Crippen LogP contribution in [0.4, 0.5) is 23.4 Å². The van der Waals surface area contributed by atoms with Gasteiger partial charge in [-0.2, -0.15) is 4.98 Å². The highest BCUT2D eigenvalue weighted by Gasteiger charge is 2.47. The zero-order chi connectivity index (χ0) is 22.4. The molecular weight excluding hydrogens is 414 g/mol. The molecule has 0 bridgehead atoms. The Morgan fingerprint density at radius 2 is 1.73 bits per heavy atom. The van der Waals surface area contributed by atoms with Gasteiger partial charge < -0.3 is 16.0 Å². The van der Waals surface area contributed by atoms with Gasteiger partial charge in [-0.15, -0.1) is 5.10 Å². The first-order valence-electron chi connectivity index (χ1n) is 11.2. The number of benzene rings is 1. The fourth-order valence-electron chi connectivity index (χ4n) is 4.63. The Morgan fingerprint density at radius 1 is 0.939 bits per heavy atom. The SMILES string of the molecule is Cn1nc(-c2ccc(N3CC4(CCC4)C3)nc2)nc1Nc1ccc(-c2ccnc(N)n2)cc1. The number of nitrogens with zero attached hydrogens (tertiary/aromatic N) is 7. The van der Waals surface area contributed by atoms with E-state index >= 15 is 0 Å². The van der Waals surface area contributed by atoms with E-state index in [0.29, 0.717) is 17.2 Å². The third-order valence-corrected chi connectivity index (χ3v) is 6.67. The van der Waals surface area contributed by atoms with E-state index in [4.69, 9.17) is 5.73 Å². The summed E-state index contributed by atoms with van der Waals surface area (Å²) < 4.78 is 1.73. The predicted octanol–water partition coefficient (Wildman–Crippen LogP) is 3.65. The Bertz CT molecular complexity index is 1280. The summed E-state index contributed by atoms with van der Waals surface area (Å²) in [4.78, 5) is 19.9. The van der Waals surface area contributed by atoms with Crippen LogP contribution in [0, 0.1) is 5.41 Å². The van der Waals surface area contributed by atoms with Crippen LogP contribution in [0.25, 0.3) is 22.6 Å². The quantitative estimate of drug-likeness (QED) is 0.485. The van der Waals surface area contributed by atoms with Gasteiger partial charge in [-0.25, -0.2) is 19.6 Å². The lowest BCUT2D eigenvalue weighted by Gasteiger charge is -2.56. The molecule has 33 heavy (non-hydrogen) atoms. The van der Waals surface area contributed by atoms with Gasteiger partial charge in [0.2, 0.25) is 11.9 Å². The van der Waals surface area contributed by atoms with Crippen LogP contribution in [0.2, 0.25) is 0 Å². The molecule has 1 aliphatic carbocycles. The smallest absolute Gasteiger partial charge is 0.225 e. The van der Waals surface area contributed by atoms with Crippen LogP contribution in [-0.4, -0.2) is 42.8 Å². The number of hydrogen-bond donors (Lipinski definition) is 2. The molecule has 1 aromatic carbocycles. The molecule has 6 rings (SSSR count). The van der Waals surface area contributed by atoms with E-state index in [1.807, 2.05) is 43.6 Å². The maximum Gasteiger partial charge on any atom is 0.225 e. The number of nitrogen functional groups attached to an aromatic ring is 1. The average molecular weight is 440 g/mol. The molecule has 3 aromatic heterocycles. The van der Waals surface area contributed by atoms with Crippen LogP contribution >= 0.6 is 0 Å². The monoisotopic (exact) mass is 439 g/mol. The van der Waals surface area contributed by atoms with Gasteiger partial charge in [0.1, 0.15) is 5.82 Å². The number of aryl methyl sites for hydroxylation is 1. The molecule has 9 heteroatoms. The second kappa shape index (κ2) is 7.54. The van der Waals surface area contributed by atoms with Crippen LogP contribution in [-0.2, 0) is 7.05 Å². The van der Waals surface area contributed by atoms with Crippen molar-refractivity contribution in [3.63, 3.8) is 0 Å². The van der Waals surface area contributed by atoms with Crippen LogP contribution in [0.3, 0.4) is 0 Å². The van der Waals surface area contributed by atoms with Crippen molar-refractivity contribution in [3.05, 3.63) is 54.9 Å². The van der Waals surface area contributed by atoms with Crippen molar-refractivity contribution in [1.82, 2.24) is 29.7 Å². The van der Waals surface area contributed by atoms with Crippen LogP contribution in [0.15, 0.2) is 54.9 Å². The Hall–Kier alpha value is -4.01. The maximum absolute atomic E-state index is 5.69. The number of pyridine rings is 1. The molecule has 0 atom stereocenters. The number of nitrogens with two attached hydrogens (primary N) is 1. The highest BCUT2D eigenvalue weighted by molar-refractivity contribution is 5.66. The molecule has 2 aliphatic rings. The minimum absolute atomic E-state index is 0.260. The molecule has 1 aliphatic heterocycles. The van der Waals surface area contributed by atoms with E-state index in [-0.39, 0.29) is 5.95 Å². The van der Waals surface area contributed by atoms with Gasteiger partial charge in [-0.1, -0.05) is 18.6 Å². The van der Waals surface area contributed by atoms with Gasteiger partial charge >= 0.3 is 0 Å². The number of aromatic nitrogens is 6. The summed E-state index contributed by atoms with van der Waals surface area (Å²) in [6, 6.07) is 13.9. The highest BCUT2D eigenvalue weighted by Crippen LogP contribution is 2.49. The first kappa shape index (κ1) is 19.7. The van der Waals surface area contributed by atoms with Gasteiger partial charge in [0, 0.05) is 54.8 Å². The lowest BCUT2D eigenvalue weighted by Crippen LogP contribution is -2.60. The first-order valence-corrected chi connectivity index (χ1v) is 11.2. The minimum Gasteiger partial charge on any atom is -0.368 e. The molecule has 0 amide bonds. The summed E-state index contributed by atoms with van der Waals surface area (Å²) >= 11 is 0. The van der Waals surface area contributed by atoms with Gasteiger partial charge in [-0.05, 0) is 43.2 Å². The largest absolute Gasteiger partial charge is 0.368 e. The van der Waals surface area contributed by atoms with Crippen molar-refractivity contribution in [2.75, 3.05) is 29.0 Å². The van der Waals surface area contributed by atoms with E-state index in [1.54, 1.807) is 10.9 Å². The van der Waals surface area contributed by atoms with Crippen molar-refractivity contribution < 1.29 is 0 Å². The lowest BCUT2D eigenvalue weighted by atomic mass is 9.63. The van der Waals surface area contributed by atoms with Crippen molar-refractivity contribution in [1.29, 1.82) is 0 Å². The predicted molar refractivity (Wildman–Crippen MR) is 128 cm³/mol. The first-order chi connectivity index (χ1) is 16.1.